The SMILES string of the molecule is CC.CC(C)Cc1cccc2c1CC1=C(C/C=C\C=N)C=C=C12. The van der Waals surface area contributed by atoms with Crippen molar-refractivity contribution in [2.75, 3.05) is 0 Å². The molecule has 0 bridgehead atoms. The lowest BCUT2D eigenvalue weighted by molar-refractivity contribution is 0.644. The summed E-state index contributed by atoms with van der Waals surface area (Å²) in [5.74, 6) is 0.686. The van der Waals surface area contributed by atoms with Crippen molar-refractivity contribution < 1.29 is 0 Å². The molecular formula is C22H27N. The fraction of sp³-hybridized carbons (Fsp3) is 0.364. The molecule has 0 aliphatic heterocycles. The molecule has 1 aromatic carbocycles. The second kappa shape index (κ2) is 7.94. The average molecular weight is 305 g/mol. The Morgan fingerprint density at radius 3 is 2.74 bits per heavy atom. The molecule has 0 spiro atoms. The van der Waals surface area contributed by atoms with E-state index in [1.807, 2.05) is 13.8 Å². The Morgan fingerprint density at radius 1 is 1.26 bits per heavy atom. The summed E-state index contributed by atoms with van der Waals surface area (Å²) in [4.78, 5) is 0. The number of fused-ring (bicyclic) bond motifs is 3. The van der Waals surface area contributed by atoms with E-state index in [4.69, 9.17) is 5.41 Å². The fourth-order valence-corrected chi connectivity index (χ4v) is 3.27. The van der Waals surface area contributed by atoms with E-state index in [2.05, 4.69) is 49.9 Å². The highest BCUT2D eigenvalue weighted by Gasteiger charge is 2.27. The Morgan fingerprint density at radius 2 is 2.04 bits per heavy atom. The molecular weight excluding hydrogens is 278 g/mol. The van der Waals surface area contributed by atoms with Crippen molar-refractivity contribution in [3.8, 4) is 0 Å². The number of hydrogen-bond acceptors (Lipinski definition) is 1. The van der Waals surface area contributed by atoms with Gasteiger partial charge in [0, 0.05) is 11.8 Å². The minimum atomic E-state index is 0.686. The molecule has 1 heteroatoms. The first kappa shape index (κ1) is 17.2. The van der Waals surface area contributed by atoms with Gasteiger partial charge in [-0.1, -0.05) is 52.0 Å². The van der Waals surface area contributed by atoms with Crippen molar-refractivity contribution in [1.29, 1.82) is 5.41 Å². The van der Waals surface area contributed by atoms with Crippen molar-refractivity contribution in [3.05, 3.63) is 70.0 Å². The van der Waals surface area contributed by atoms with E-state index in [0.29, 0.717) is 5.92 Å². The zero-order valence-corrected chi connectivity index (χ0v) is 14.7. The van der Waals surface area contributed by atoms with E-state index in [0.717, 1.165) is 19.3 Å². The molecule has 0 heterocycles. The van der Waals surface area contributed by atoms with Crippen LogP contribution in [0.4, 0.5) is 0 Å². The van der Waals surface area contributed by atoms with Crippen LogP contribution in [-0.2, 0) is 12.8 Å². The molecule has 2 aliphatic rings. The van der Waals surface area contributed by atoms with Crippen molar-refractivity contribution >= 4 is 11.8 Å². The van der Waals surface area contributed by atoms with Crippen molar-refractivity contribution in [1.82, 2.24) is 0 Å². The van der Waals surface area contributed by atoms with Crippen LogP contribution in [0.5, 0.6) is 0 Å². The summed E-state index contributed by atoms with van der Waals surface area (Å²) < 4.78 is 0. The van der Waals surface area contributed by atoms with Gasteiger partial charge in [0.15, 0.2) is 0 Å². The predicted molar refractivity (Wildman–Crippen MR) is 101 cm³/mol. The summed E-state index contributed by atoms with van der Waals surface area (Å²) in [6.07, 6.45) is 10.4. The number of hydrogen-bond donors (Lipinski definition) is 1. The molecule has 0 atom stereocenters. The second-order valence-corrected chi connectivity index (χ2v) is 6.18. The highest BCUT2D eigenvalue weighted by Crippen LogP contribution is 2.43. The van der Waals surface area contributed by atoms with Crippen LogP contribution in [0.3, 0.4) is 0 Å². The quantitative estimate of drug-likeness (QED) is 0.516. The van der Waals surface area contributed by atoms with E-state index in [9.17, 15) is 0 Å². The second-order valence-electron chi connectivity index (χ2n) is 6.18. The Hall–Kier alpha value is -2.11. The highest BCUT2D eigenvalue weighted by atomic mass is 14.3. The summed E-state index contributed by atoms with van der Waals surface area (Å²) >= 11 is 0. The van der Waals surface area contributed by atoms with Gasteiger partial charge in [0.1, 0.15) is 0 Å². The van der Waals surface area contributed by atoms with E-state index in [-0.39, 0.29) is 0 Å². The van der Waals surface area contributed by atoms with Gasteiger partial charge < -0.3 is 5.41 Å². The monoisotopic (exact) mass is 305 g/mol. The molecule has 0 radical (unpaired) electrons. The van der Waals surface area contributed by atoms with Gasteiger partial charge in [0.2, 0.25) is 0 Å². The van der Waals surface area contributed by atoms with Gasteiger partial charge in [-0.05, 0) is 65.2 Å². The van der Waals surface area contributed by atoms with E-state index < -0.39 is 0 Å². The summed E-state index contributed by atoms with van der Waals surface area (Å²) in [5.41, 5.74) is 11.9. The largest absolute Gasteiger partial charge is 0.309 e. The Balaban J connectivity index is 0.000000924. The van der Waals surface area contributed by atoms with Crippen LogP contribution in [0.25, 0.3) is 5.57 Å². The summed E-state index contributed by atoms with van der Waals surface area (Å²) in [7, 11) is 0. The van der Waals surface area contributed by atoms with Gasteiger partial charge in [-0.2, -0.15) is 0 Å². The third kappa shape index (κ3) is 3.63. The van der Waals surface area contributed by atoms with Gasteiger partial charge in [0.05, 0.1) is 0 Å². The van der Waals surface area contributed by atoms with E-state index in [1.54, 1.807) is 6.08 Å². The van der Waals surface area contributed by atoms with Crippen molar-refractivity contribution in [3.63, 3.8) is 0 Å². The minimum absolute atomic E-state index is 0.686. The normalized spacial score (nSPS) is 14.7. The fourth-order valence-electron chi connectivity index (χ4n) is 3.27. The minimum Gasteiger partial charge on any atom is -0.309 e. The van der Waals surface area contributed by atoms with Crippen molar-refractivity contribution in [2.24, 2.45) is 5.92 Å². The molecule has 120 valence electrons. The number of benzene rings is 1. The summed E-state index contributed by atoms with van der Waals surface area (Å²) in [5, 5.41) is 7.06. The van der Waals surface area contributed by atoms with Crippen LogP contribution in [0, 0.1) is 11.3 Å². The third-order valence-corrected chi connectivity index (χ3v) is 4.17. The van der Waals surface area contributed by atoms with Crippen LogP contribution in [0.2, 0.25) is 0 Å². The topological polar surface area (TPSA) is 23.9 Å². The van der Waals surface area contributed by atoms with Crippen molar-refractivity contribution in [2.45, 2.75) is 47.0 Å². The van der Waals surface area contributed by atoms with E-state index in [1.165, 1.54) is 39.6 Å². The van der Waals surface area contributed by atoms with Crippen LogP contribution in [0.1, 0.15) is 50.8 Å². The van der Waals surface area contributed by atoms with Gasteiger partial charge in [-0.3, -0.25) is 0 Å². The molecule has 1 N–H and O–H groups in total. The van der Waals surface area contributed by atoms with E-state index >= 15 is 0 Å². The standard InChI is InChI=1S/C20H21N.C2H6/c1-14(2)12-16-7-5-8-17-18-10-9-15(6-3-4-11-21)19(18)13-20(16)17;1-2/h3-5,7-9,11,14,21H,6,12-13H2,1-2H3;1-2H3/b4-3-,21-11?;. The smallest absolute Gasteiger partial charge is 0.0278 e. The lowest BCUT2D eigenvalue weighted by Gasteiger charge is -2.10. The maximum atomic E-state index is 7.06. The average Bonchev–Trinajstić information content (AvgIpc) is 3.10. The molecule has 0 unspecified atom stereocenters. The first-order valence-electron chi connectivity index (χ1n) is 8.66. The number of rotatable bonds is 5. The molecule has 3 rings (SSSR count). The molecule has 2 aliphatic carbocycles. The lowest BCUT2D eigenvalue weighted by atomic mass is 9.95. The van der Waals surface area contributed by atoms with Gasteiger partial charge in [-0.25, -0.2) is 0 Å². The van der Waals surface area contributed by atoms with Gasteiger partial charge in [-0.15, -0.1) is 5.73 Å². The molecule has 0 saturated carbocycles. The Kier molecular flexibility index (Phi) is 5.96. The molecule has 1 aromatic rings. The zero-order chi connectivity index (χ0) is 16.8. The predicted octanol–water partition coefficient (Wildman–Crippen LogP) is 5.91. The molecule has 0 aromatic heterocycles. The van der Waals surface area contributed by atoms with Crippen LogP contribution >= 0.6 is 0 Å². The Labute approximate surface area is 140 Å². The molecule has 0 fully saturated rings. The van der Waals surface area contributed by atoms with Gasteiger partial charge in [0.25, 0.3) is 0 Å². The van der Waals surface area contributed by atoms with Crippen LogP contribution in [-0.4, -0.2) is 6.21 Å². The van der Waals surface area contributed by atoms with Gasteiger partial charge >= 0.3 is 0 Å². The molecule has 1 nitrogen and oxygen atoms in total. The maximum Gasteiger partial charge on any atom is 0.0278 e. The van der Waals surface area contributed by atoms with Crippen LogP contribution in [0.15, 0.2) is 53.3 Å². The molecule has 23 heavy (non-hydrogen) atoms. The maximum absolute atomic E-state index is 7.06. The third-order valence-electron chi connectivity index (χ3n) is 4.17. The zero-order valence-electron chi connectivity index (χ0n) is 14.7. The number of nitrogens with one attached hydrogen (secondary N) is 1. The highest BCUT2D eigenvalue weighted by molar-refractivity contribution is 5.90. The first-order chi connectivity index (χ1) is 11.2. The Bertz CT molecular complexity index is 707. The lowest BCUT2D eigenvalue weighted by Crippen LogP contribution is -1.99. The summed E-state index contributed by atoms with van der Waals surface area (Å²) in [6, 6.07) is 6.69. The number of allylic oxidation sites excluding steroid dienone is 5. The summed E-state index contributed by atoms with van der Waals surface area (Å²) in [6.45, 7) is 8.56. The molecule has 0 saturated heterocycles. The molecule has 0 amide bonds. The van der Waals surface area contributed by atoms with Crippen LogP contribution < -0.4 is 0 Å². The first-order valence-corrected chi connectivity index (χ1v) is 8.66.